The lowest BCUT2D eigenvalue weighted by Gasteiger charge is -2.32. The molecule has 0 aliphatic carbocycles. The van der Waals surface area contributed by atoms with Crippen LogP contribution in [0, 0.1) is 0 Å². The normalized spacial score (nSPS) is 15.9. The van der Waals surface area contributed by atoms with Crippen LogP contribution in [0.3, 0.4) is 0 Å². The van der Waals surface area contributed by atoms with Crippen LogP contribution in [0.5, 0.6) is 5.75 Å². The number of carbonyl (C=O) groups excluding carboxylic acids is 3. The second kappa shape index (κ2) is 9.24. The quantitative estimate of drug-likeness (QED) is 0.397. The van der Waals surface area contributed by atoms with Crippen molar-refractivity contribution in [2.75, 3.05) is 20.2 Å². The summed E-state index contributed by atoms with van der Waals surface area (Å²) in [5.41, 5.74) is 4.42. The number of benzene rings is 3. The fourth-order valence-electron chi connectivity index (χ4n) is 5.58. The number of hydrogen-bond acceptors (Lipinski definition) is 4. The number of aromatic nitrogens is 1. The predicted molar refractivity (Wildman–Crippen MR) is 140 cm³/mol. The maximum atomic E-state index is 13.6. The maximum Gasteiger partial charge on any atom is 0.261 e. The van der Waals surface area contributed by atoms with Crippen molar-refractivity contribution in [2.24, 2.45) is 0 Å². The number of hydrogen-bond donors (Lipinski definition) is 1. The molecule has 3 amide bonds. The maximum absolute atomic E-state index is 13.6. The van der Waals surface area contributed by atoms with Gasteiger partial charge in [0.2, 0.25) is 0 Å². The smallest absolute Gasteiger partial charge is 0.261 e. The Labute approximate surface area is 214 Å². The fraction of sp³-hybridized carbons (Fsp3) is 0.233. The van der Waals surface area contributed by atoms with Crippen molar-refractivity contribution in [2.45, 2.75) is 25.3 Å². The van der Waals surface area contributed by atoms with Crippen molar-refractivity contribution in [1.82, 2.24) is 14.8 Å². The number of nitrogens with one attached hydrogen (secondary N) is 1. The molecule has 0 unspecified atom stereocenters. The molecule has 0 saturated carbocycles. The zero-order valence-corrected chi connectivity index (χ0v) is 20.6. The molecular formula is C30H27N3O4. The third-order valence-electron chi connectivity index (χ3n) is 7.56. The van der Waals surface area contributed by atoms with Gasteiger partial charge in [-0.1, -0.05) is 36.4 Å². The van der Waals surface area contributed by atoms with Crippen LogP contribution in [0.1, 0.15) is 61.0 Å². The highest BCUT2D eigenvalue weighted by Gasteiger charge is 2.35. The number of para-hydroxylation sites is 1. The summed E-state index contributed by atoms with van der Waals surface area (Å²) in [6, 6.07) is 20.4. The number of carbonyl (C=O) groups is 3. The molecule has 7 nitrogen and oxygen atoms in total. The van der Waals surface area contributed by atoms with Crippen molar-refractivity contribution in [1.29, 1.82) is 0 Å². The van der Waals surface area contributed by atoms with E-state index >= 15 is 0 Å². The first-order valence-corrected chi connectivity index (χ1v) is 12.5. The van der Waals surface area contributed by atoms with Crippen molar-refractivity contribution in [3.05, 3.63) is 101 Å². The largest absolute Gasteiger partial charge is 0.496 e. The van der Waals surface area contributed by atoms with Crippen LogP contribution in [0.25, 0.3) is 10.9 Å². The topological polar surface area (TPSA) is 82.7 Å². The summed E-state index contributed by atoms with van der Waals surface area (Å²) in [4.78, 5) is 45.7. The van der Waals surface area contributed by atoms with E-state index in [1.807, 2.05) is 11.0 Å². The number of likely N-dealkylation sites (tertiary alicyclic amines) is 1. The van der Waals surface area contributed by atoms with Gasteiger partial charge in [0, 0.05) is 30.2 Å². The Morgan fingerprint density at radius 1 is 0.946 bits per heavy atom. The molecule has 2 aliphatic heterocycles. The molecule has 0 bridgehead atoms. The first kappa shape index (κ1) is 23.0. The van der Waals surface area contributed by atoms with E-state index in [0.29, 0.717) is 47.0 Å². The highest BCUT2D eigenvalue weighted by Crippen LogP contribution is 2.34. The van der Waals surface area contributed by atoms with Gasteiger partial charge >= 0.3 is 0 Å². The number of fused-ring (bicyclic) bond motifs is 2. The van der Waals surface area contributed by atoms with E-state index in [0.717, 1.165) is 18.4 Å². The van der Waals surface area contributed by atoms with Gasteiger partial charge in [-0.05, 0) is 60.2 Å². The van der Waals surface area contributed by atoms with Crippen LogP contribution < -0.4 is 4.74 Å². The number of ether oxygens (including phenoxy) is 1. The van der Waals surface area contributed by atoms with Gasteiger partial charge in [0.05, 0.1) is 30.3 Å². The second-order valence-corrected chi connectivity index (χ2v) is 9.63. The number of H-pyrrole nitrogens is 1. The molecule has 1 fully saturated rings. The Morgan fingerprint density at radius 3 is 2.32 bits per heavy atom. The van der Waals surface area contributed by atoms with Crippen LogP contribution in [0.15, 0.2) is 72.9 Å². The number of nitrogens with zero attached hydrogens (tertiary/aromatic N) is 2. The number of methoxy groups -OCH3 is 1. The minimum Gasteiger partial charge on any atom is -0.496 e. The van der Waals surface area contributed by atoms with Crippen molar-refractivity contribution >= 4 is 28.6 Å². The molecule has 3 heterocycles. The first-order chi connectivity index (χ1) is 18.0. The lowest BCUT2D eigenvalue weighted by Crippen LogP contribution is -2.38. The molecule has 0 atom stereocenters. The van der Waals surface area contributed by atoms with Gasteiger partial charge in [-0.3, -0.25) is 19.3 Å². The average molecular weight is 494 g/mol. The molecule has 37 heavy (non-hydrogen) atoms. The summed E-state index contributed by atoms with van der Waals surface area (Å²) in [5, 5.41) is 1.25. The SMILES string of the molecule is COc1ccc(CN2C(=O)c3ccccc3C2=O)cc1C(=O)N1CCC(c2c[nH]c3ccccc23)CC1. The van der Waals surface area contributed by atoms with E-state index in [1.54, 1.807) is 49.6 Å². The summed E-state index contributed by atoms with van der Waals surface area (Å²) in [7, 11) is 1.54. The van der Waals surface area contributed by atoms with Gasteiger partial charge in [-0.15, -0.1) is 0 Å². The predicted octanol–water partition coefficient (Wildman–Crippen LogP) is 4.99. The lowest BCUT2D eigenvalue weighted by molar-refractivity contribution is 0.0642. The molecule has 4 aromatic rings. The lowest BCUT2D eigenvalue weighted by atomic mass is 9.89. The van der Waals surface area contributed by atoms with Crippen molar-refractivity contribution in [3.63, 3.8) is 0 Å². The molecular weight excluding hydrogens is 466 g/mol. The van der Waals surface area contributed by atoms with Gasteiger partial charge in [0.15, 0.2) is 0 Å². The van der Waals surface area contributed by atoms with Crippen LogP contribution in [0.4, 0.5) is 0 Å². The summed E-state index contributed by atoms with van der Waals surface area (Å²) in [6.45, 7) is 1.39. The standard InChI is InChI=1S/C30H27N3O4/c1-37-27-11-10-19(18-33-29(35)22-7-2-3-8-23(22)30(33)36)16-24(27)28(34)32-14-12-20(13-15-32)25-17-31-26-9-5-4-6-21(25)26/h2-11,16-17,20,31H,12-15,18H2,1H3. The van der Waals surface area contributed by atoms with Crippen molar-refractivity contribution in [3.8, 4) is 5.75 Å². The summed E-state index contributed by atoms with van der Waals surface area (Å²) >= 11 is 0. The van der Waals surface area contributed by atoms with Crippen molar-refractivity contribution < 1.29 is 19.1 Å². The van der Waals surface area contributed by atoms with E-state index in [4.69, 9.17) is 4.74 Å². The van der Waals surface area contributed by atoms with Gasteiger partial charge in [0.1, 0.15) is 5.75 Å². The third-order valence-corrected chi connectivity index (χ3v) is 7.56. The zero-order chi connectivity index (χ0) is 25.5. The molecule has 0 spiro atoms. The molecule has 2 aliphatic rings. The monoisotopic (exact) mass is 493 g/mol. The van der Waals surface area contributed by atoms with E-state index in [1.165, 1.54) is 15.8 Å². The summed E-state index contributed by atoms with van der Waals surface area (Å²) in [5.74, 6) is 0.142. The Hall–Kier alpha value is -4.39. The Kier molecular flexibility index (Phi) is 5.75. The van der Waals surface area contributed by atoms with Gasteiger partial charge in [0.25, 0.3) is 17.7 Å². The van der Waals surface area contributed by atoms with E-state index in [2.05, 4.69) is 29.4 Å². The fourth-order valence-corrected chi connectivity index (χ4v) is 5.58. The molecule has 3 aromatic carbocycles. The Bertz CT molecular complexity index is 1500. The Morgan fingerprint density at radius 2 is 1.62 bits per heavy atom. The van der Waals surface area contributed by atoms with Crippen LogP contribution in [0.2, 0.25) is 0 Å². The summed E-state index contributed by atoms with van der Waals surface area (Å²) < 4.78 is 5.50. The third kappa shape index (κ3) is 3.96. The number of imide groups is 1. The molecule has 0 radical (unpaired) electrons. The minimum absolute atomic E-state index is 0.0965. The number of rotatable bonds is 5. The van der Waals surface area contributed by atoms with Crippen LogP contribution in [-0.4, -0.2) is 52.7 Å². The van der Waals surface area contributed by atoms with Gasteiger partial charge in [-0.2, -0.15) is 0 Å². The highest BCUT2D eigenvalue weighted by atomic mass is 16.5. The van der Waals surface area contributed by atoms with Crippen LogP contribution >= 0.6 is 0 Å². The summed E-state index contributed by atoms with van der Waals surface area (Å²) in [6.07, 6.45) is 3.85. The molecule has 1 saturated heterocycles. The molecule has 1 N–H and O–H groups in total. The van der Waals surface area contributed by atoms with Crippen LogP contribution in [-0.2, 0) is 6.54 Å². The first-order valence-electron chi connectivity index (χ1n) is 12.5. The number of aromatic amines is 1. The van der Waals surface area contributed by atoms with E-state index in [9.17, 15) is 14.4 Å². The average Bonchev–Trinajstić information content (AvgIpc) is 3.48. The minimum atomic E-state index is -0.316. The molecule has 1 aromatic heterocycles. The molecule has 7 heteroatoms. The molecule has 6 rings (SSSR count). The zero-order valence-electron chi connectivity index (χ0n) is 20.6. The Balaban J connectivity index is 1.19. The molecule has 186 valence electrons. The second-order valence-electron chi connectivity index (χ2n) is 9.63. The highest BCUT2D eigenvalue weighted by molar-refractivity contribution is 6.21. The van der Waals surface area contributed by atoms with Gasteiger partial charge < -0.3 is 14.6 Å². The van der Waals surface area contributed by atoms with E-state index in [-0.39, 0.29) is 24.3 Å². The van der Waals surface area contributed by atoms with Gasteiger partial charge in [-0.25, -0.2) is 0 Å². The number of piperidine rings is 1. The van der Waals surface area contributed by atoms with E-state index < -0.39 is 0 Å². The number of amides is 3.